The second-order valence-electron chi connectivity index (χ2n) is 3.63. The number of halogens is 3. The second-order valence-corrected chi connectivity index (χ2v) is 4.36. The Morgan fingerprint density at radius 1 is 1.41 bits per heavy atom. The highest BCUT2D eigenvalue weighted by atomic mass is 35.5. The normalized spacial score (nSPS) is 16.1. The number of piperazine rings is 1. The van der Waals surface area contributed by atoms with E-state index in [0.717, 1.165) is 6.20 Å². The molecule has 1 aliphatic rings. The summed E-state index contributed by atoms with van der Waals surface area (Å²) < 4.78 is 13.3. The van der Waals surface area contributed by atoms with Crippen molar-refractivity contribution in [1.82, 2.24) is 15.2 Å². The van der Waals surface area contributed by atoms with Crippen molar-refractivity contribution in [1.29, 1.82) is 0 Å². The largest absolute Gasteiger partial charge is 0.336 e. The summed E-state index contributed by atoms with van der Waals surface area (Å²) in [6.45, 7) is 2.48. The van der Waals surface area contributed by atoms with Gasteiger partial charge in [-0.1, -0.05) is 23.2 Å². The average molecular weight is 278 g/mol. The molecule has 0 aromatic carbocycles. The summed E-state index contributed by atoms with van der Waals surface area (Å²) >= 11 is 11.5. The number of rotatable bonds is 1. The van der Waals surface area contributed by atoms with Gasteiger partial charge >= 0.3 is 0 Å². The van der Waals surface area contributed by atoms with Gasteiger partial charge in [0, 0.05) is 26.2 Å². The molecule has 0 unspecified atom stereocenters. The zero-order valence-corrected chi connectivity index (χ0v) is 10.4. The lowest BCUT2D eigenvalue weighted by Crippen LogP contribution is -2.46. The molecule has 1 saturated heterocycles. The Bertz CT molecular complexity index is 449. The first kappa shape index (κ1) is 12.5. The van der Waals surface area contributed by atoms with Crippen LogP contribution in [0.2, 0.25) is 10.2 Å². The van der Waals surface area contributed by atoms with Gasteiger partial charge in [-0.15, -0.1) is 0 Å². The molecule has 1 aromatic rings. The summed E-state index contributed by atoms with van der Waals surface area (Å²) in [5.74, 6) is -1.12. The van der Waals surface area contributed by atoms with E-state index in [4.69, 9.17) is 23.2 Å². The van der Waals surface area contributed by atoms with Crippen molar-refractivity contribution in [2.45, 2.75) is 0 Å². The Kier molecular flexibility index (Phi) is 3.81. The van der Waals surface area contributed by atoms with E-state index in [1.165, 1.54) is 0 Å². The van der Waals surface area contributed by atoms with E-state index >= 15 is 0 Å². The number of nitrogens with zero attached hydrogens (tertiary/aromatic N) is 2. The maximum atomic E-state index is 13.3. The highest BCUT2D eigenvalue weighted by Crippen LogP contribution is 2.26. The zero-order chi connectivity index (χ0) is 12.4. The maximum absolute atomic E-state index is 13.3. The van der Waals surface area contributed by atoms with Crippen LogP contribution in [0.3, 0.4) is 0 Å². The van der Waals surface area contributed by atoms with Crippen LogP contribution >= 0.6 is 23.2 Å². The van der Waals surface area contributed by atoms with E-state index in [9.17, 15) is 9.18 Å². The van der Waals surface area contributed by atoms with Crippen LogP contribution in [0, 0.1) is 5.82 Å². The quantitative estimate of drug-likeness (QED) is 0.793. The third kappa shape index (κ3) is 2.51. The number of hydrogen-bond donors (Lipinski definition) is 1. The number of amides is 1. The van der Waals surface area contributed by atoms with Gasteiger partial charge in [-0.05, 0) is 0 Å². The molecule has 0 bridgehead atoms. The lowest BCUT2D eigenvalue weighted by molar-refractivity contribution is 0.0735. The van der Waals surface area contributed by atoms with E-state index in [-0.39, 0.29) is 21.6 Å². The number of carbonyl (C=O) groups excluding carboxylic acids is 1. The molecular formula is C10H10Cl2FN3O. The molecule has 92 valence electrons. The third-order valence-electron chi connectivity index (χ3n) is 2.54. The minimum absolute atomic E-state index is 0.0600. The molecular weight excluding hydrogens is 268 g/mol. The van der Waals surface area contributed by atoms with Crippen molar-refractivity contribution in [3.63, 3.8) is 0 Å². The Balaban J connectivity index is 2.32. The van der Waals surface area contributed by atoms with Crippen LogP contribution in [0.1, 0.15) is 10.4 Å². The highest BCUT2D eigenvalue weighted by molar-refractivity contribution is 6.39. The Morgan fingerprint density at radius 2 is 2.06 bits per heavy atom. The molecule has 0 aliphatic carbocycles. The van der Waals surface area contributed by atoms with Gasteiger partial charge in [0.25, 0.3) is 5.91 Å². The fourth-order valence-corrected chi connectivity index (χ4v) is 2.14. The molecule has 7 heteroatoms. The van der Waals surface area contributed by atoms with Gasteiger partial charge in [0.1, 0.15) is 5.15 Å². The first-order valence-electron chi connectivity index (χ1n) is 5.10. The maximum Gasteiger partial charge on any atom is 0.258 e. The van der Waals surface area contributed by atoms with Gasteiger partial charge in [-0.25, -0.2) is 9.37 Å². The molecule has 2 rings (SSSR count). The van der Waals surface area contributed by atoms with Gasteiger partial charge in [-0.2, -0.15) is 0 Å². The molecule has 17 heavy (non-hydrogen) atoms. The fourth-order valence-electron chi connectivity index (χ4n) is 1.65. The number of aromatic nitrogens is 1. The van der Waals surface area contributed by atoms with Crippen molar-refractivity contribution >= 4 is 29.1 Å². The van der Waals surface area contributed by atoms with Crippen LogP contribution in [-0.2, 0) is 0 Å². The van der Waals surface area contributed by atoms with E-state index in [1.54, 1.807) is 4.90 Å². The highest BCUT2D eigenvalue weighted by Gasteiger charge is 2.25. The minimum atomic E-state index is -0.741. The molecule has 0 saturated carbocycles. The molecule has 0 radical (unpaired) electrons. The topological polar surface area (TPSA) is 45.2 Å². The number of carbonyl (C=O) groups is 1. The SMILES string of the molecule is O=C(c1c(Cl)ncc(F)c1Cl)N1CCNCC1. The molecule has 2 heterocycles. The molecule has 0 atom stereocenters. The summed E-state index contributed by atoms with van der Waals surface area (Å²) in [5.41, 5.74) is -0.0600. The summed E-state index contributed by atoms with van der Waals surface area (Å²) in [6.07, 6.45) is 0.902. The number of pyridine rings is 1. The van der Waals surface area contributed by atoms with Crippen LogP contribution in [0.15, 0.2) is 6.20 Å². The molecule has 1 N–H and O–H groups in total. The van der Waals surface area contributed by atoms with Crippen molar-refractivity contribution in [2.24, 2.45) is 0 Å². The molecule has 1 fully saturated rings. The molecule has 0 spiro atoms. The zero-order valence-electron chi connectivity index (χ0n) is 8.84. The number of nitrogens with one attached hydrogen (secondary N) is 1. The summed E-state index contributed by atoms with van der Waals surface area (Å²) in [6, 6.07) is 0. The standard InChI is InChI=1S/C10H10Cl2FN3O/c11-8-6(13)5-15-9(12)7(8)10(17)16-3-1-14-2-4-16/h5,14H,1-4H2. The lowest BCUT2D eigenvalue weighted by Gasteiger charge is -2.27. The van der Waals surface area contributed by atoms with Crippen molar-refractivity contribution in [3.8, 4) is 0 Å². The fraction of sp³-hybridized carbons (Fsp3) is 0.400. The van der Waals surface area contributed by atoms with Gasteiger partial charge in [-0.3, -0.25) is 4.79 Å². The lowest BCUT2D eigenvalue weighted by atomic mass is 10.2. The van der Waals surface area contributed by atoms with Crippen molar-refractivity contribution in [3.05, 3.63) is 27.8 Å². The second kappa shape index (κ2) is 5.16. The summed E-state index contributed by atoms with van der Waals surface area (Å²) in [4.78, 5) is 17.3. The first-order valence-corrected chi connectivity index (χ1v) is 5.86. The van der Waals surface area contributed by atoms with E-state index in [2.05, 4.69) is 10.3 Å². The summed E-state index contributed by atoms with van der Waals surface area (Å²) in [7, 11) is 0. The van der Waals surface area contributed by atoms with Crippen LogP contribution in [0.25, 0.3) is 0 Å². The first-order chi connectivity index (χ1) is 8.11. The van der Waals surface area contributed by atoms with Crippen molar-refractivity contribution in [2.75, 3.05) is 26.2 Å². The Morgan fingerprint density at radius 3 is 2.71 bits per heavy atom. The molecule has 1 amide bonds. The van der Waals surface area contributed by atoms with E-state index < -0.39 is 5.82 Å². The van der Waals surface area contributed by atoms with Crippen LogP contribution in [-0.4, -0.2) is 42.0 Å². The Labute approximate surface area is 108 Å². The van der Waals surface area contributed by atoms with E-state index in [0.29, 0.717) is 26.2 Å². The van der Waals surface area contributed by atoms with Crippen LogP contribution in [0.5, 0.6) is 0 Å². The average Bonchev–Trinajstić information content (AvgIpc) is 2.35. The molecule has 1 aromatic heterocycles. The monoisotopic (exact) mass is 277 g/mol. The smallest absolute Gasteiger partial charge is 0.258 e. The molecule has 1 aliphatic heterocycles. The van der Waals surface area contributed by atoms with Gasteiger partial charge in [0.05, 0.1) is 16.8 Å². The minimum Gasteiger partial charge on any atom is -0.336 e. The third-order valence-corrected chi connectivity index (χ3v) is 3.20. The molecule has 4 nitrogen and oxygen atoms in total. The van der Waals surface area contributed by atoms with Crippen LogP contribution in [0.4, 0.5) is 4.39 Å². The van der Waals surface area contributed by atoms with Gasteiger partial charge in [0.2, 0.25) is 0 Å². The van der Waals surface area contributed by atoms with Crippen LogP contribution < -0.4 is 5.32 Å². The van der Waals surface area contributed by atoms with Gasteiger partial charge in [0.15, 0.2) is 5.82 Å². The summed E-state index contributed by atoms with van der Waals surface area (Å²) in [5, 5.41) is 2.77. The predicted octanol–water partition coefficient (Wildman–Crippen LogP) is 1.57. The predicted molar refractivity (Wildman–Crippen MR) is 63.0 cm³/mol. The van der Waals surface area contributed by atoms with E-state index in [1.807, 2.05) is 0 Å². The van der Waals surface area contributed by atoms with Crippen molar-refractivity contribution < 1.29 is 9.18 Å². The van der Waals surface area contributed by atoms with Gasteiger partial charge < -0.3 is 10.2 Å². The number of hydrogen-bond acceptors (Lipinski definition) is 3. The Hall–Kier alpha value is -0.910.